The van der Waals surface area contributed by atoms with Crippen LogP contribution in [0.4, 0.5) is 10.2 Å². The molecule has 4 aromatic carbocycles. The molecule has 0 saturated carbocycles. The highest BCUT2D eigenvalue weighted by atomic mass is 32.1. The first-order valence-corrected chi connectivity index (χ1v) is 15.6. The zero-order valence-corrected chi connectivity index (χ0v) is 26.2. The zero-order valence-electron chi connectivity index (χ0n) is 25.4. The number of anilines is 1. The van der Waals surface area contributed by atoms with Gasteiger partial charge in [0.2, 0.25) is 0 Å². The Morgan fingerprint density at radius 1 is 0.812 bits per heavy atom. The van der Waals surface area contributed by atoms with Crippen LogP contribution in [0.3, 0.4) is 0 Å². The van der Waals surface area contributed by atoms with Crippen LogP contribution in [0.25, 0.3) is 11.2 Å². The maximum absolute atomic E-state index is 16.6. The van der Waals surface area contributed by atoms with Gasteiger partial charge in [0, 0.05) is 12.2 Å². The molecular weight excluding hydrogens is 633 g/mol. The Hall–Kier alpha value is -5.27. The van der Waals surface area contributed by atoms with Crippen LogP contribution in [0.5, 0.6) is 5.75 Å². The minimum Gasteiger partial charge on any atom is -0.416 e. The number of nitrogen functional groups attached to an aromatic ring is 1. The van der Waals surface area contributed by atoms with Crippen molar-refractivity contribution in [2.75, 3.05) is 12.3 Å². The monoisotopic (exact) mass is 663 g/mol. The predicted molar refractivity (Wildman–Crippen MR) is 179 cm³/mol. The molecule has 0 bridgehead atoms. The average molecular weight is 664 g/mol. The molecule has 0 amide bonds. The molecule has 1 aliphatic rings. The third-order valence-corrected chi connectivity index (χ3v) is 8.26. The number of imidazole rings is 1. The topological polar surface area (TPSA) is 116 Å². The lowest BCUT2D eigenvalue weighted by Gasteiger charge is -2.37. The first-order chi connectivity index (χ1) is 23.5. The molecule has 4 atom stereocenters. The Morgan fingerprint density at radius 2 is 1.38 bits per heavy atom. The van der Waals surface area contributed by atoms with Gasteiger partial charge in [-0.2, -0.15) is 4.89 Å². The second-order valence-electron chi connectivity index (χ2n) is 11.0. The van der Waals surface area contributed by atoms with Gasteiger partial charge in [-0.15, -0.1) is 0 Å². The number of alkyl halides is 1. The van der Waals surface area contributed by atoms with Crippen LogP contribution in [-0.2, 0) is 24.8 Å². The van der Waals surface area contributed by atoms with Crippen molar-refractivity contribution < 1.29 is 28.4 Å². The fraction of sp³-hybridized carbons (Fsp3) is 0.167. The molecule has 2 aromatic heterocycles. The van der Waals surface area contributed by atoms with Crippen LogP contribution < -0.4 is 10.5 Å². The van der Waals surface area contributed by atoms with Gasteiger partial charge in [0.05, 0.1) is 12.9 Å². The van der Waals surface area contributed by atoms with Crippen molar-refractivity contribution in [3.05, 3.63) is 151 Å². The summed E-state index contributed by atoms with van der Waals surface area (Å²) >= 11 is 5.24. The lowest BCUT2D eigenvalue weighted by molar-refractivity contribution is -0.285. The van der Waals surface area contributed by atoms with Crippen molar-refractivity contribution >= 4 is 34.4 Å². The highest BCUT2D eigenvalue weighted by molar-refractivity contribution is 7.79. The van der Waals surface area contributed by atoms with Gasteiger partial charge in [0.15, 0.2) is 30.0 Å². The number of nitrogens with two attached hydrogens (primary N) is 1. The molecule has 2 N–H and O–H groups in total. The molecule has 10 nitrogen and oxygen atoms in total. The molecule has 242 valence electrons. The van der Waals surface area contributed by atoms with Crippen molar-refractivity contribution in [3.63, 3.8) is 0 Å². The summed E-state index contributed by atoms with van der Waals surface area (Å²) in [5.41, 5.74) is 8.13. The Kier molecular flexibility index (Phi) is 9.03. The zero-order chi connectivity index (χ0) is 32.9. The normalized spacial score (nSPS) is 19.3. The van der Waals surface area contributed by atoms with E-state index < -0.39 is 30.2 Å². The second kappa shape index (κ2) is 13.8. The van der Waals surface area contributed by atoms with Crippen LogP contribution >= 0.6 is 12.2 Å². The minimum atomic E-state index is -1.79. The van der Waals surface area contributed by atoms with Gasteiger partial charge in [0.1, 0.15) is 29.3 Å². The number of para-hydroxylation sites is 1. The van der Waals surface area contributed by atoms with E-state index >= 15 is 4.39 Å². The first kappa shape index (κ1) is 31.3. The Labute approximate surface area is 280 Å². The quantitative estimate of drug-likeness (QED) is 0.0771. The van der Waals surface area contributed by atoms with E-state index in [2.05, 4.69) is 15.0 Å². The van der Waals surface area contributed by atoms with Crippen molar-refractivity contribution in [1.29, 1.82) is 0 Å². The summed E-state index contributed by atoms with van der Waals surface area (Å²) in [4.78, 5) is 23.6. The second-order valence-corrected chi connectivity index (χ2v) is 11.3. The third-order valence-electron chi connectivity index (χ3n) is 8.10. The van der Waals surface area contributed by atoms with Gasteiger partial charge in [-0.3, -0.25) is 9.45 Å². The van der Waals surface area contributed by atoms with E-state index in [0.717, 1.165) is 16.7 Å². The van der Waals surface area contributed by atoms with Crippen molar-refractivity contribution in [2.24, 2.45) is 0 Å². The van der Waals surface area contributed by atoms with Crippen molar-refractivity contribution in [1.82, 2.24) is 19.5 Å². The Balaban J connectivity index is 1.23. The fourth-order valence-corrected chi connectivity index (χ4v) is 6.03. The van der Waals surface area contributed by atoms with Gasteiger partial charge in [-0.1, -0.05) is 109 Å². The van der Waals surface area contributed by atoms with Gasteiger partial charge >= 0.3 is 5.24 Å². The minimum absolute atomic E-state index is 0.125. The average Bonchev–Trinajstić information content (AvgIpc) is 3.70. The number of rotatable bonds is 10. The summed E-state index contributed by atoms with van der Waals surface area (Å²) in [6.45, 7) is -0.125. The highest BCUT2D eigenvalue weighted by Crippen LogP contribution is 2.43. The van der Waals surface area contributed by atoms with Crippen molar-refractivity contribution in [3.8, 4) is 5.75 Å². The summed E-state index contributed by atoms with van der Waals surface area (Å²) < 4.78 is 36.9. The van der Waals surface area contributed by atoms with Crippen LogP contribution in [0.2, 0.25) is 0 Å². The van der Waals surface area contributed by atoms with Gasteiger partial charge in [-0.05, 0) is 28.8 Å². The molecule has 12 heteroatoms. The van der Waals surface area contributed by atoms with Gasteiger partial charge in [-0.25, -0.2) is 19.3 Å². The molecule has 7 rings (SSSR count). The number of hydrogen-bond acceptors (Lipinski definition) is 10. The van der Waals surface area contributed by atoms with E-state index in [-0.39, 0.29) is 17.7 Å². The molecule has 3 heterocycles. The van der Waals surface area contributed by atoms with E-state index in [4.69, 9.17) is 41.9 Å². The van der Waals surface area contributed by atoms with E-state index in [1.807, 2.05) is 97.1 Å². The molecule has 1 saturated heterocycles. The maximum Gasteiger partial charge on any atom is 0.391 e. The van der Waals surface area contributed by atoms with Gasteiger partial charge in [0.25, 0.3) is 0 Å². The largest absolute Gasteiger partial charge is 0.416 e. The van der Waals surface area contributed by atoms with Crippen LogP contribution in [0.1, 0.15) is 22.9 Å². The molecule has 1 aliphatic heterocycles. The number of hydrogen-bond donors (Lipinski definition) is 1. The molecule has 0 unspecified atom stereocenters. The third kappa shape index (κ3) is 6.09. The lowest BCUT2D eigenvalue weighted by Crippen LogP contribution is -2.40. The predicted octanol–water partition coefficient (Wildman–Crippen LogP) is 6.33. The Bertz CT molecular complexity index is 1870. The molecular formula is C36H30FN5O5S. The van der Waals surface area contributed by atoms with E-state index in [9.17, 15) is 0 Å². The number of benzene rings is 4. The first-order valence-electron chi connectivity index (χ1n) is 15.2. The van der Waals surface area contributed by atoms with Crippen LogP contribution in [0, 0.1) is 0 Å². The van der Waals surface area contributed by atoms with Gasteiger partial charge < -0.3 is 19.9 Å². The number of nitrogens with zero attached hydrogens (tertiary/aromatic N) is 4. The van der Waals surface area contributed by atoms with Crippen molar-refractivity contribution in [2.45, 2.75) is 30.2 Å². The number of fused-ring (bicyclic) bond motifs is 1. The smallest absolute Gasteiger partial charge is 0.391 e. The highest BCUT2D eigenvalue weighted by Gasteiger charge is 2.51. The van der Waals surface area contributed by atoms with E-state index in [0.29, 0.717) is 16.9 Å². The number of thiocarbonyl (C=S) groups is 1. The molecule has 0 spiro atoms. The molecule has 0 aliphatic carbocycles. The summed E-state index contributed by atoms with van der Waals surface area (Å²) in [5, 5.41) is -0.350. The molecule has 6 aromatic rings. The number of halogens is 1. The maximum atomic E-state index is 16.6. The fourth-order valence-electron chi connectivity index (χ4n) is 5.90. The Morgan fingerprint density at radius 3 is 1.96 bits per heavy atom. The standard InChI is InChI=1S/C36H30FN5O5S/c37-29-31(46-47-35(48)44-27-19-11-4-12-20-27)28(45-34(29)42-23-41-30-32(38)39-22-40-33(30)42)21-43-36(24-13-5-1-6-14-24,25-15-7-2-8-16-25)26-17-9-3-10-18-26/h1-20,22-23,28-29,31,34H,21H2,(H2,38,39,40)/t28-,29+,31-,34-/m1/s1. The molecule has 0 radical (unpaired) electrons. The van der Waals surface area contributed by atoms with E-state index in [1.165, 1.54) is 17.2 Å². The number of ether oxygens (including phenoxy) is 3. The lowest BCUT2D eigenvalue weighted by atomic mass is 9.80. The summed E-state index contributed by atoms with van der Waals surface area (Å²) in [7, 11) is 0. The number of aromatic nitrogens is 4. The molecule has 48 heavy (non-hydrogen) atoms. The summed E-state index contributed by atoms with van der Waals surface area (Å²) in [6.07, 6.45) is -2.65. The summed E-state index contributed by atoms with van der Waals surface area (Å²) in [5.74, 6) is 0.591. The van der Waals surface area contributed by atoms with E-state index in [1.54, 1.807) is 24.3 Å². The SMILES string of the molecule is Nc1ncnc2c1ncn2[C@@H]1O[C@H](COC(c2ccccc2)(c2ccccc2)c2ccccc2)[C@@H](OOC(=S)Oc2ccccc2)[C@@H]1F. The van der Waals surface area contributed by atoms with Crippen LogP contribution in [0.15, 0.2) is 134 Å². The van der Waals surface area contributed by atoms with Crippen LogP contribution in [-0.4, -0.2) is 49.7 Å². The molecule has 1 fully saturated rings. The summed E-state index contributed by atoms with van der Waals surface area (Å²) in [6, 6.07) is 38.3.